The highest BCUT2D eigenvalue weighted by Crippen LogP contribution is 2.32. The minimum absolute atomic E-state index is 0.129. The molecule has 6 heteroatoms. The van der Waals surface area contributed by atoms with Gasteiger partial charge in [-0.1, -0.05) is 13.8 Å². The summed E-state index contributed by atoms with van der Waals surface area (Å²) in [6, 6.07) is 10.8. The van der Waals surface area contributed by atoms with Crippen LogP contribution in [0.1, 0.15) is 58.5 Å². The number of hydrogen-bond donors (Lipinski definition) is 0. The molecule has 156 valence electrons. The van der Waals surface area contributed by atoms with Crippen LogP contribution in [0.4, 0.5) is 11.4 Å². The summed E-state index contributed by atoms with van der Waals surface area (Å²) in [6.07, 6.45) is 1.55. The van der Waals surface area contributed by atoms with E-state index in [2.05, 4.69) is 9.98 Å². The van der Waals surface area contributed by atoms with Crippen LogP contribution < -0.4 is 9.80 Å². The summed E-state index contributed by atoms with van der Waals surface area (Å²) in [5.74, 6) is 1.55. The van der Waals surface area contributed by atoms with Gasteiger partial charge in [-0.05, 0) is 36.4 Å². The van der Waals surface area contributed by atoms with E-state index >= 15 is 0 Å². The van der Waals surface area contributed by atoms with Gasteiger partial charge in [0.2, 0.25) is 0 Å². The highest BCUT2D eigenvalue weighted by molar-refractivity contribution is 6.29. The van der Waals surface area contributed by atoms with Gasteiger partial charge in [0.25, 0.3) is 0 Å². The minimum Gasteiger partial charge on any atom is -0.333 e. The molecule has 0 unspecified atom stereocenters. The van der Waals surface area contributed by atoms with Gasteiger partial charge in [-0.15, -0.1) is 0 Å². The zero-order valence-electron chi connectivity index (χ0n) is 18.5. The second-order valence-corrected chi connectivity index (χ2v) is 7.22. The van der Waals surface area contributed by atoms with Crippen LogP contribution in [0.15, 0.2) is 46.4 Å². The summed E-state index contributed by atoms with van der Waals surface area (Å²) < 4.78 is 0. The predicted molar refractivity (Wildman–Crippen MR) is 124 cm³/mol. The molecule has 1 aliphatic rings. The van der Waals surface area contributed by atoms with Crippen LogP contribution in [-0.2, 0) is 0 Å². The molecule has 0 heterocycles. The molecule has 0 N–H and O–H groups in total. The van der Waals surface area contributed by atoms with E-state index in [1.807, 2.05) is 49.9 Å². The quantitative estimate of drug-likeness (QED) is 0.483. The van der Waals surface area contributed by atoms with E-state index in [1.165, 1.54) is 0 Å². The van der Waals surface area contributed by atoms with Crippen molar-refractivity contribution in [3.8, 4) is 0 Å². The summed E-state index contributed by atoms with van der Waals surface area (Å²) >= 11 is 0. The number of hydrogen-bond acceptors (Lipinski definition) is 4. The predicted octanol–water partition coefficient (Wildman–Crippen LogP) is 4.21. The van der Waals surface area contributed by atoms with Crippen molar-refractivity contribution in [3.05, 3.63) is 58.7 Å². The average molecular weight is 405 g/mol. The zero-order valence-corrected chi connectivity index (χ0v) is 18.5. The third-order valence-corrected chi connectivity index (χ3v) is 5.68. The van der Waals surface area contributed by atoms with E-state index < -0.39 is 0 Å². The molecule has 0 aromatic heterocycles. The number of amidine groups is 2. The van der Waals surface area contributed by atoms with Crippen molar-refractivity contribution in [2.24, 2.45) is 9.98 Å². The molecule has 1 aliphatic carbocycles. The van der Waals surface area contributed by atoms with E-state index in [0.717, 1.165) is 35.9 Å². The van der Waals surface area contributed by atoms with Crippen LogP contribution in [0.2, 0.25) is 0 Å². The number of rotatable bonds is 4. The van der Waals surface area contributed by atoms with E-state index in [0.29, 0.717) is 22.3 Å². The van der Waals surface area contributed by atoms with Crippen molar-refractivity contribution in [1.82, 2.24) is 0 Å². The third kappa shape index (κ3) is 3.54. The Morgan fingerprint density at radius 3 is 1.37 bits per heavy atom. The first-order valence-electron chi connectivity index (χ1n) is 10.1. The largest absolute Gasteiger partial charge is 0.333 e. The lowest BCUT2D eigenvalue weighted by Crippen LogP contribution is -2.28. The normalized spacial score (nSPS) is 13.8. The van der Waals surface area contributed by atoms with Gasteiger partial charge in [0.1, 0.15) is 11.7 Å². The number of carbonyl (C=O) groups excluding carboxylic acids is 2. The van der Waals surface area contributed by atoms with Crippen molar-refractivity contribution in [2.45, 2.75) is 26.7 Å². The number of carbonyl (C=O) groups is 2. The van der Waals surface area contributed by atoms with Gasteiger partial charge in [0.15, 0.2) is 11.6 Å². The molecule has 3 rings (SSSR count). The SMILES string of the molecule is CCC(=NC)N(C)c1ccc2c(c1)C(=O)c1ccc(N(C)C(CC)=NC)cc1C2=O. The van der Waals surface area contributed by atoms with Crippen molar-refractivity contribution in [3.63, 3.8) is 0 Å². The first-order chi connectivity index (χ1) is 14.4. The maximum atomic E-state index is 13.2. The molecule has 0 saturated heterocycles. The Morgan fingerprint density at radius 1 is 0.700 bits per heavy atom. The minimum atomic E-state index is -0.129. The third-order valence-electron chi connectivity index (χ3n) is 5.68. The molecular formula is C24H28N4O2. The fourth-order valence-corrected chi connectivity index (χ4v) is 3.93. The second kappa shape index (κ2) is 8.61. The van der Waals surface area contributed by atoms with Crippen LogP contribution in [0, 0.1) is 0 Å². The lowest BCUT2D eigenvalue weighted by molar-refractivity contribution is 0.0979. The van der Waals surface area contributed by atoms with Gasteiger partial charge >= 0.3 is 0 Å². The Kier molecular flexibility index (Phi) is 6.15. The number of ketones is 2. The second-order valence-electron chi connectivity index (χ2n) is 7.22. The zero-order chi connectivity index (χ0) is 22.0. The van der Waals surface area contributed by atoms with E-state index in [9.17, 15) is 9.59 Å². The van der Waals surface area contributed by atoms with E-state index in [1.54, 1.807) is 38.4 Å². The van der Waals surface area contributed by atoms with Gasteiger partial charge in [0.05, 0.1) is 0 Å². The average Bonchev–Trinajstić information content (AvgIpc) is 2.78. The Balaban J connectivity index is 2.04. The summed E-state index contributed by atoms with van der Waals surface area (Å²) in [4.78, 5) is 38.9. The number of benzene rings is 2. The Labute approximate surface area is 177 Å². The maximum absolute atomic E-state index is 13.2. The van der Waals surface area contributed by atoms with Gasteiger partial charge in [-0.25, -0.2) is 0 Å². The van der Waals surface area contributed by atoms with Crippen molar-refractivity contribution >= 4 is 34.6 Å². The Bertz CT molecular complexity index is 983. The topological polar surface area (TPSA) is 65.3 Å². The number of nitrogens with zero attached hydrogens (tertiary/aromatic N) is 4. The Hall–Kier alpha value is -3.28. The van der Waals surface area contributed by atoms with E-state index in [-0.39, 0.29) is 11.6 Å². The standard InChI is InChI=1S/C24H28N4O2/c1-7-21(25-3)27(5)15-9-11-17-19(13-15)23(29)18-12-10-16(14-20(18)24(17)30)28(6)22(8-2)26-4/h9-14H,7-8H2,1-6H3. The van der Waals surface area contributed by atoms with Gasteiger partial charge in [-0.2, -0.15) is 0 Å². The molecular weight excluding hydrogens is 376 g/mol. The molecule has 0 aliphatic heterocycles. The molecule has 0 amide bonds. The molecule has 30 heavy (non-hydrogen) atoms. The highest BCUT2D eigenvalue weighted by atomic mass is 16.1. The summed E-state index contributed by atoms with van der Waals surface area (Å²) in [5, 5.41) is 0. The van der Waals surface area contributed by atoms with E-state index in [4.69, 9.17) is 0 Å². The number of aliphatic imine (C=N–C) groups is 2. The molecule has 0 spiro atoms. The van der Waals surface area contributed by atoms with Crippen LogP contribution in [0.5, 0.6) is 0 Å². The number of fused-ring (bicyclic) bond motifs is 2. The van der Waals surface area contributed by atoms with Crippen LogP contribution in [-0.4, -0.2) is 51.4 Å². The summed E-state index contributed by atoms with van der Waals surface area (Å²) in [6.45, 7) is 4.06. The Morgan fingerprint density at radius 2 is 1.07 bits per heavy atom. The van der Waals surface area contributed by atoms with Crippen LogP contribution >= 0.6 is 0 Å². The van der Waals surface area contributed by atoms with Gasteiger partial charge in [0, 0.05) is 74.7 Å². The molecule has 0 radical (unpaired) electrons. The molecule has 2 aromatic carbocycles. The first kappa shape index (κ1) is 21.4. The fraction of sp³-hybridized carbons (Fsp3) is 0.333. The fourth-order valence-electron chi connectivity index (χ4n) is 3.93. The molecule has 0 atom stereocenters. The number of anilines is 2. The molecule has 0 bridgehead atoms. The lowest BCUT2D eigenvalue weighted by Gasteiger charge is -2.25. The van der Waals surface area contributed by atoms with Crippen molar-refractivity contribution in [2.75, 3.05) is 38.0 Å². The van der Waals surface area contributed by atoms with Crippen molar-refractivity contribution < 1.29 is 9.59 Å². The molecule has 6 nitrogen and oxygen atoms in total. The first-order valence-corrected chi connectivity index (χ1v) is 10.1. The smallest absolute Gasteiger partial charge is 0.194 e. The van der Waals surface area contributed by atoms with Gasteiger partial charge < -0.3 is 9.80 Å². The van der Waals surface area contributed by atoms with Gasteiger partial charge in [-0.3, -0.25) is 19.6 Å². The lowest BCUT2D eigenvalue weighted by atomic mass is 9.83. The summed E-state index contributed by atoms with van der Waals surface area (Å²) in [5.41, 5.74) is 3.43. The molecule has 0 fully saturated rings. The maximum Gasteiger partial charge on any atom is 0.194 e. The summed E-state index contributed by atoms with van der Waals surface area (Å²) in [7, 11) is 7.33. The highest BCUT2D eigenvalue weighted by Gasteiger charge is 2.31. The molecule has 2 aromatic rings. The molecule has 0 saturated carbocycles. The monoisotopic (exact) mass is 404 g/mol. The van der Waals surface area contributed by atoms with Crippen molar-refractivity contribution in [1.29, 1.82) is 0 Å². The van der Waals surface area contributed by atoms with Crippen LogP contribution in [0.25, 0.3) is 0 Å². The van der Waals surface area contributed by atoms with Crippen LogP contribution in [0.3, 0.4) is 0 Å².